The van der Waals surface area contributed by atoms with Gasteiger partial charge >= 0.3 is 0 Å². The maximum atomic E-state index is 13.6. The summed E-state index contributed by atoms with van der Waals surface area (Å²) in [6.07, 6.45) is 3.82. The summed E-state index contributed by atoms with van der Waals surface area (Å²) >= 11 is 0. The van der Waals surface area contributed by atoms with Crippen molar-refractivity contribution >= 4 is 21.1 Å². The van der Waals surface area contributed by atoms with E-state index in [4.69, 9.17) is 5.73 Å². The van der Waals surface area contributed by atoms with Gasteiger partial charge in [0.15, 0.2) is 0 Å². The van der Waals surface area contributed by atoms with Crippen LogP contribution >= 0.6 is 9.24 Å². The van der Waals surface area contributed by atoms with Crippen LogP contribution in [0.4, 0.5) is 8.78 Å². The van der Waals surface area contributed by atoms with E-state index in [1.165, 1.54) is 15.3 Å². The molecule has 2 rings (SSSR count). The number of nitrogens with two attached hydrogens (primary N) is 1. The lowest BCUT2D eigenvalue weighted by Crippen LogP contribution is -2.57. The van der Waals surface area contributed by atoms with Crippen LogP contribution in [0.25, 0.3) is 0 Å². The van der Waals surface area contributed by atoms with E-state index in [-0.39, 0.29) is 17.2 Å². The minimum absolute atomic E-state index is 0.00313. The maximum Gasteiger partial charge on any atom is 0.300 e. The highest BCUT2D eigenvalue weighted by molar-refractivity contribution is 7.17. The van der Waals surface area contributed by atoms with Crippen LogP contribution in [0.1, 0.15) is 80.0 Å². The molecule has 0 radical (unpaired) electrons. The van der Waals surface area contributed by atoms with Crippen molar-refractivity contribution in [2.75, 3.05) is 0 Å². The normalized spacial score (nSPS) is 15.0. The lowest BCUT2D eigenvalue weighted by Gasteiger charge is -2.31. The van der Waals surface area contributed by atoms with Crippen LogP contribution in [0, 0.1) is 0 Å². The van der Waals surface area contributed by atoms with E-state index in [0.717, 1.165) is 18.9 Å². The van der Waals surface area contributed by atoms with Gasteiger partial charge in [0.2, 0.25) is 5.91 Å². The lowest BCUT2D eigenvalue weighted by atomic mass is 9.87. The average Bonchev–Trinajstić information content (AvgIpc) is 3.38. The molecular formula is C18H26F2N3O2P. The molecular weight excluding hydrogens is 359 g/mol. The minimum atomic E-state index is -3.15. The number of carbonyl (C=O) groups is 2. The third kappa shape index (κ3) is 4.56. The number of aromatic nitrogens is 1. The number of amides is 2. The molecule has 0 spiro atoms. The van der Waals surface area contributed by atoms with Crippen molar-refractivity contribution < 1.29 is 18.4 Å². The molecule has 0 aliphatic heterocycles. The van der Waals surface area contributed by atoms with E-state index in [1.807, 2.05) is 13.8 Å². The third-order valence-electron chi connectivity index (χ3n) is 4.65. The van der Waals surface area contributed by atoms with E-state index < -0.39 is 23.0 Å². The molecule has 1 fully saturated rings. The van der Waals surface area contributed by atoms with Gasteiger partial charge in [-0.05, 0) is 37.8 Å². The number of carbonyl (C=O) groups excluding carboxylic acids is 2. The number of hydrogen-bond acceptors (Lipinski definition) is 3. The standard InChI is InChI=1S/C18H26F2N3O2P/c1-3-9-17(10-4-2,16(21)25)23-15(24)12-7-8-13(18(19,20)26)22-14(12)11-5-6-11/h7-8,11H,3-6,9-10,26H2,1-2H3,(H2,21,25)(H,23,24). The molecule has 1 saturated carbocycles. The molecule has 5 nitrogen and oxygen atoms in total. The average molecular weight is 385 g/mol. The van der Waals surface area contributed by atoms with Crippen molar-refractivity contribution in [3.05, 3.63) is 29.1 Å². The Morgan fingerprint density at radius 3 is 2.27 bits per heavy atom. The zero-order valence-electron chi connectivity index (χ0n) is 15.1. The molecule has 0 aromatic carbocycles. The van der Waals surface area contributed by atoms with E-state index in [9.17, 15) is 18.4 Å². The molecule has 0 bridgehead atoms. The summed E-state index contributed by atoms with van der Waals surface area (Å²) in [6, 6.07) is 2.52. The Kier molecular flexibility index (Phi) is 6.33. The van der Waals surface area contributed by atoms with Crippen LogP contribution in [-0.2, 0) is 10.5 Å². The fourth-order valence-electron chi connectivity index (χ4n) is 3.22. The highest BCUT2D eigenvalue weighted by atomic mass is 31.0. The fraction of sp³-hybridized carbons (Fsp3) is 0.611. The number of nitrogens with zero attached hydrogens (tertiary/aromatic N) is 1. The number of rotatable bonds is 9. The van der Waals surface area contributed by atoms with Gasteiger partial charge in [0.1, 0.15) is 11.2 Å². The summed E-state index contributed by atoms with van der Waals surface area (Å²) in [5.74, 6) is -1.06. The fourth-order valence-corrected chi connectivity index (χ4v) is 3.38. The Bertz CT molecular complexity index is 682. The largest absolute Gasteiger partial charge is 0.368 e. The molecule has 26 heavy (non-hydrogen) atoms. The van der Waals surface area contributed by atoms with Crippen LogP contribution in [0.3, 0.4) is 0 Å². The van der Waals surface area contributed by atoms with Gasteiger partial charge in [0.05, 0.1) is 11.3 Å². The van der Waals surface area contributed by atoms with Crippen molar-refractivity contribution in [3.63, 3.8) is 0 Å². The minimum Gasteiger partial charge on any atom is -0.368 e. The maximum absolute atomic E-state index is 13.6. The first kappa shape index (κ1) is 20.7. The molecule has 1 aliphatic carbocycles. The molecule has 1 unspecified atom stereocenters. The van der Waals surface area contributed by atoms with Gasteiger partial charge in [-0.15, -0.1) is 0 Å². The van der Waals surface area contributed by atoms with Crippen molar-refractivity contribution in [2.45, 2.75) is 69.5 Å². The number of alkyl halides is 2. The van der Waals surface area contributed by atoms with Crippen molar-refractivity contribution in [2.24, 2.45) is 5.73 Å². The molecule has 1 aromatic heterocycles. The summed E-state index contributed by atoms with van der Waals surface area (Å²) in [6.45, 7) is 3.82. The highest BCUT2D eigenvalue weighted by Gasteiger charge is 2.39. The molecule has 1 atom stereocenters. The Labute approximate surface area is 154 Å². The number of hydrogen-bond donors (Lipinski definition) is 2. The second-order valence-corrected chi connectivity index (χ2v) is 7.65. The van der Waals surface area contributed by atoms with Gasteiger partial charge in [-0.2, -0.15) is 8.78 Å². The molecule has 2 amide bonds. The summed E-state index contributed by atoms with van der Waals surface area (Å²) in [7, 11) is 1.46. The van der Waals surface area contributed by atoms with E-state index in [0.29, 0.717) is 31.4 Å². The van der Waals surface area contributed by atoms with Gasteiger partial charge in [-0.1, -0.05) is 35.9 Å². The predicted molar refractivity (Wildman–Crippen MR) is 99.0 cm³/mol. The Hall–Kier alpha value is -1.62. The monoisotopic (exact) mass is 385 g/mol. The second-order valence-electron chi connectivity index (χ2n) is 6.93. The smallest absolute Gasteiger partial charge is 0.300 e. The SMILES string of the molecule is CCCC(CCC)(NC(=O)c1ccc(C(F)(F)P)nc1C1CC1)C(N)=O. The number of primary amides is 1. The molecule has 144 valence electrons. The van der Waals surface area contributed by atoms with Crippen molar-refractivity contribution in [1.29, 1.82) is 0 Å². The molecule has 1 aromatic rings. The van der Waals surface area contributed by atoms with Gasteiger partial charge in [0.25, 0.3) is 11.6 Å². The topological polar surface area (TPSA) is 85.1 Å². The van der Waals surface area contributed by atoms with Gasteiger partial charge < -0.3 is 11.1 Å². The number of pyridine rings is 1. The summed E-state index contributed by atoms with van der Waals surface area (Å²) in [5.41, 5.74) is 1.53. The quantitative estimate of drug-likeness (QED) is 0.639. The zero-order valence-corrected chi connectivity index (χ0v) is 16.3. The van der Waals surface area contributed by atoms with Crippen LogP contribution < -0.4 is 11.1 Å². The summed E-state index contributed by atoms with van der Waals surface area (Å²) in [5, 5.41) is 2.78. The Balaban J connectivity index is 2.37. The summed E-state index contributed by atoms with van der Waals surface area (Å²) < 4.78 is 27.1. The first-order chi connectivity index (χ1) is 12.1. The van der Waals surface area contributed by atoms with Gasteiger partial charge in [-0.3, -0.25) is 14.6 Å². The van der Waals surface area contributed by atoms with E-state index >= 15 is 0 Å². The molecule has 1 aliphatic rings. The number of nitrogens with one attached hydrogen (secondary N) is 1. The Morgan fingerprint density at radius 1 is 1.27 bits per heavy atom. The first-order valence-electron chi connectivity index (χ1n) is 8.95. The molecule has 8 heteroatoms. The molecule has 0 saturated heterocycles. The van der Waals surface area contributed by atoms with Crippen LogP contribution in [0.5, 0.6) is 0 Å². The zero-order chi connectivity index (χ0) is 19.5. The predicted octanol–water partition coefficient (Wildman–Crippen LogP) is 3.44. The van der Waals surface area contributed by atoms with Crippen molar-refractivity contribution in [1.82, 2.24) is 10.3 Å². The van der Waals surface area contributed by atoms with Crippen LogP contribution in [0.15, 0.2) is 12.1 Å². The second kappa shape index (κ2) is 7.95. The number of halogens is 2. The Morgan fingerprint density at radius 2 is 1.85 bits per heavy atom. The van der Waals surface area contributed by atoms with E-state index in [1.54, 1.807) is 0 Å². The van der Waals surface area contributed by atoms with Gasteiger partial charge in [0, 0.05) is 5.92 Å². The van der Waals surface area contributed by atoms with Crippen LogP contribution in [0.2, 0.25) is 0 Å². The van der Waals surface area contributed by atoms with Gasteiger partial charge in [-0.25, -0.2) is 0 Å². The molecule has 3 N–H and O–H groups in total. The lowest BCUT2D eigenvalue weighted by molar-refractivity contribution is -0.124. The first-order valence-corrected chi connectivity index (χ1v) is 9.53. The molecule has 1 heterocycles. The third-order valence-corrected chi connectivity index (χ3v) is 4.95. The van der Waals surface area contributed by atoms with E-state index in [2.05, 4.69) is 10.3 Å². The summed E-state index contributed by atoms with van der Waals surface area (Å²) in [4.78, 5) is 29.0. The van der Waals surface area contributed by atoms with Crippen LogP contribution in [-0.4, -0.2) is 22.3 Å². The van der Waals surface area contributed by atoms with Crippen molar-refractivity contribution in [3.8, 4) is 0 Å². The highest BCUT2D eigenvalue weighted by Crippen LogP contribution is 2.42.